The van der Waals surface area contributed by atoms with Crippen molar-refractivity contribution in [3.05, 3.63) is 18.2 Å². The predicted octanol–water partition coefficient (Wildman–Crippen LogP) is 4.43. The quantitative estimate of drug-likeness (QED) is 0.504. The van der Waals surface area contributed by atoms with E-state index in [4.69, 9.17) is 15.0 Å². The number of phenolic OH excluding ortho intramolecular Hbond substituents is 1. The molecule has 2 aliphatic heterocycles. The summed E-state index contributed by atoms with van der Waals surface area (Å²) in [6.07, 6.45) is 9.29. The van der Waals surface area contributed by atoms with Crippen LogP contribution >= 0.6 is 0 Å². The standard InChI is InChI=1S/C24H35N7O2/c1-2-3-10-21(33)26-19-12-11-18(17-20(19)32)25-22-27-23(30-13-6-4-7-14-30)29-24(28-22)31-15-8-5-9-16-31/h11-12,17,32H,2-10,13-16H2,1H3,(H,26,33)(H,25,27,28,29). The van der Waals surface area contributed by atoms with Gasteiger partial charge in [0.1, 0.15) is 5.75 Å². The molecule has 0 bridgehead atoms. The van der Waals surface area contributed by atoms with Gasteiger partial charge in [-0.3, -0.25) is 4.79 Å². The number of unbranched alkanes of at least 4 members (excludes halogenated alkanes) is 1. The summed E-state index contributed by atoms with van der Waals surface area (Å²) in [5.74, 6) is 1.79. The molecule has 4 rings (SSSR count). The average molecular weight is 454 g/mol. The lowest BCUT2D eigenvalue weighted by molar-refractivity contribution is -0.116. The van der Waals surface area contributed by atoms with E-state index in [-0.39, 0.29) is 11.7 Å². The molecule has 0 aliphatic carbocycles. The van der Waals surface area contributed by atoms with Crippen molar-refractivity contribution in [1.29, 1.82) is 0 Å². The second-order valence-electron chi connectivity index (χ2n) is 8.86. The Balaban J connectivity index is 1.53. The van der Waals surface area contributed by atoms with E-state index >= 15 is 0 Å². The number of phenols is 1. The molecule has 3 heterocycles. The van der Waals surface area contributed by atoms with Gasteiger partial charge in [0.05, 0.1) is 5.69 Å². The Kier molecular flexibility index (Phi) is 7.80. The van der Waals surface area contributed by atoms with E-state index in [1.807, 2.05) is 6.92 Å². The van der Waals surface area contributed by atoms with E-state index in [0.717, 1.165) is 64.7 Å². The molecule has 0 spiro atoms. The van der Waals surface area contributed by atoms with Crippen molar-refractivity contribution < 1.29 is 9.90 Å². The lowest BCUT2D eigenvalue weighted by Gasteiger charge is -2.30. The molecule has 33 heavy (non-hydrogen) atoms. The van der Waals surface area contributed by atoms with Crippen LogP contribution in [0.3, 0.4) is 0 Å². The highest BCUT2D eigenvalue weighted by molar-refractivity contribution is 5.92. The van der Waals surface area contributed by atoms with Gasteiger partial charge in [0.25, 0.3) is 0 Å². The Labute approximate surface area is 195 Å². The zero-order chi connectivity index (χ0) is 23.0. The van der Waals surface area contributed by atoms with Crippen LogP contribution in [-0.2, 0) is 4.79 Å². The highest BCUT2D eigenvalue weighted by Crippen LogP contribution is 2.29. The number of carbonyl (C=O) groups excluding carboxylic acids is 1. The molecule has 9 nitrogen and oxygen atoms in total. The van der Waals surface area contributed by atoms with E-state index in [1.54, 1.807) is 18.2 Å². The maximum Gasteiger partial charge on any atom is 0.233 e. The predicted molar refractivity (Wildman–Crippen MR) is 131 cm³/mol. The first kappa shape index (κ1) is 23.1. The summed E-state index contributed by atoms with van der Waals surface area (Å²) in [5, 5.41) is 16.4. The number of rotatable bonds is 8. The van der Waals surface area contributed by atoms with Gasteiger partial charge in [-0.1, -0.05) is 13.3 Å². The molecule has 2 fully saturated rings. The fourth-order valence-corrected chi connectivity index (χ4v) is 4.27. The second kappa shape index (κ2) is 11.2. The Morgan fingerprint density at radius 1 is 0.939 bits per heavy atom. The van der Waals surface area contributed by atoms with Crippen molar-refractivity contribution in [3.63, 3.8) is 0 Å². The number of amides is 1. The molecule has 3 N–H and O–H groups in total. The van der Waals surface area contributed by atoms with Crippen LogP contribution in [0.2, 0.25) is 0 Å². The first-order chi connectivity index (χ1) is 16.1. The third kappa shape index (κ3) is 6.24. The molecular weight excluding hydrogens is 418 g/mol. The normalized spacial score (nSPS) is 16.5. The molecule has 0 saturated carbocycles. The van der Waals surface area contributed by atoms with E-state index in [2.05, 4.69) is 20.4 Å². The van der Waals surface area contributed by atoms with Crippen LogP contribution in [0.4, 0.5) is 29.2 Å². The fourth-order valence-electron chi connectivity index (χ4n) is 4.27. The zero-order valence-corrected chi connectivity index (χ0v) is 19.5. The summed E-state index contributed by atoms with van der Waals surface area (Å²) >= 11 is 0. The number of hydrogen-bond acceptors (Lipinski definition) is 8. The molecule has 2 aliphatic rings. The Morgan fingerprint density at radius 3 is 2.09 bits per heavy atom. The van der Waals surface area contributed by atoms with E-state index in [9.17, 15) is 9.90 Å². The van der Waals surface area contributed by atoms with Gasteiger partial charge in [-0.15, -0.1) is 0 Å². The number of anilines is 5. The Hall–Kier alpha value is -3.10. The topological polar surface area (TPSA) is 107 Å². The molecule has 178 valence electrons. The number of aromatic hydroxyl groups is 1. The van der Waals surface area contributed by atoms with Crippen LogP contribution in [0, 0.1) is 0 Å². The van der Waals surface area contributed by atoms with Crippen molar-refractivity contribution in [2.24, 2.45) is 0 Å². The van der Waals surface area contributed by atoms with Crippen molar-refractivity contribution in [2.75, 3.05) is 46.6 Å². The highest BCUT2D eigenvalue weighted by Gasteiger charge is 2.20. The smallest absolute Gasteiger partial charge is 0.233 e. The van der Waals surface area contributed by atoms with E-state index in [0.29, 0.717) is 35.6 Å². The minimum atomic E-state index is -0.0947. The Bertz CT molecular complexity index is 904. The molecule has 1 amide bonds. The fraction of sp³-hybridized carbons (Fsp3) is 0.583. The third-order valence-electron chi connectivity index (χ3n) is 6.17. The number of benzene rings is 1. The number of aromatic nitrogens is 3. The molecule has 2 saturated heterocycles. The van der Waals surface area contributed by atoms with Crippen molar-refractivity contribution >= 4 is 35.1 Å². The van der Waals surface area contributed by atoms with Gasteiger partial charge in [0, 0.05) is 44.4 Å². The van der Waals surface area contributed by atoms with Gasteiger partial charge < -0.3 is 25.5 Å². The number of hydrogen-bond donors (Lipinski definition) is 3. The number of nitrogens with one attached hydrogen (secondary N) is 2. The van der Waals surface area contributed by atoms with Crippen LogP contribution in [-0.4, -0.2) is 52.1 Å². The monoisotopic (exact) mass is 453 g/mol. The van der Waals surface area contributed by atoms with Crippen LogP contribution in [0.1, 0.15) is 64.7 Å². The van der Waals surface area contributed by atoms with E-state index < -0.39 is 0 Å². The summed E-state index contributed by atoms with van der Waals surface area (Å²) in [4.78, 5) is 30.7. The van der Waals surface area contributed by atoms with Crippen LogP contribution in [0.25, 0.3) is 0 Å². The summed E-state index contributed by atoms with van der Waals surface area (Å²) in [6, 6.07) is 5.08. The third-order valence-corrected chi connectivity index (χ3v) is 6.17. The van der Waals surface area contributed by atoms with Gasteiger partial charge in [-0.05, 0) is 57.1 Å². The molecule has 1 aromatic carbocycles. The van der Waals surface area contributed by atoms with Crippen LogP contribution < -0.4 is 20.4 Å². The first-order valence-corrected chi connectivity index (χ1v) is 12.3. The minimum Gasteiger partial charge on any atom is -0.506 e. The van der Waals surface area contributed by atoms with Gasteiger partial charge in [-0.25, -0.2) is 0 Å². The van der Waals surface area contributed by atoms with Gasteiger partial charge in [-0.2, -0.15) is 15.0 Å². The van der Waals surface area contributed by atoms with Crippen molar-refractivity contribution in [2.45, 2.75) is 64.7 Å². The van der Waals surface area contributed by atoms with Gasteiger partial charge >= 0.3 is 0 Å². The largest absolute Gasteiger partial charge is 0.506 e. The lowest BCUT2D eigenvalue weighted by atomic mass is 10.1. The molecule has 9 heteroatoms. The van der Waals surface area contributed by atoms with Crippen LogP contribution in [0.5, 0.6) is 5.75 Å². The van der Waals surface area contributed by atoms with Crippen LogP contribution in [0.15, 0.2) is 18.2 Å². The summed E-state index contributed by atoms with van der Waals surface area (Å²) in [7, 11) is 0. The molecule has 2 aromatic rings. The van der Waals surface area contributed by atoms with E-state index in [1.165, 1.54) is 12.8 Å². The molecular formula is C24H35N7O2. The number of piperidine rings is 2. The lowest BCUT2D eigenvalue weighted by Crippen LogP contribution is -2.34. The minimum absolute atomic E-state index is 0.00594. The highest BCUT2D eigenvalue weighted by atomic mass is 16.3. The summed E-state index contributed by atoms with van der Waals surface area (Å²) in [5.41, 5.74) is 1.06. The maximum atomic E-state index is 12.0. The Morgan fingerprint density at radius 2 is 1.55 bits per heavy atom. The van der Waals surface area contributed by atoms with Gasteiger partial charge in [0.15, 0.2) is 0 Å². The number of carbonyl (C=O) groups is 1. The zero-order valence-electron chi connectivity index (χ0n) is 19.5. The van der Waals surface area contributed by atoms with Crippen molar-refractivity contribution in [3.8, 4) is 5.75 Å². The van der Waals surface area contributed by atoms with Crippen molar-refractivity contribution in [1.82, 2.24) is 15.0 Å². The SMILES string of the molecule is CCCCC(=O)Nc1ccc(Nc2nc(N3CCCCC3)nc(N3CCCCC3)n2)cc1O. The molecule has 0 atom stereocenters. The first-order valence-electron chi connectivity index (χ1n) is 12.3. The molecule has 1 aromatic heterocycles. The summed E-state index contributed by atoms with van der Waals surface area (Å²) in [6.45, 7) is 5.86. The molecule has 0 radical (unpaired) electrons. The number of nitrogens with zero attached hydrogens (tertiary/aromatic N) is 5. The average Bonchev–Trinajstić information content (AvgIpc) is 2.85. The maximum absolute atomic E-state index is 12.0. The molecule has 0 unspecified atom stereocenters. The second-order valence-corrected chi connectivity index (χ2v) is 8.86. The van der Waals surface area contributed by atoms with Gasteiger partial charge in [0.2, 0.25) is 23.8 Å². The summed E-state index contributed by atoms with van der Waals surface area (Å²) < 4.78 is 0.